The molecular weight excluding hydrogens is 150 g/mol. The maximum Gasteiger partial charge on any atom is 0.300 e. The first kappa shape index (κ1) is 6.63. The summed E-state index contributed by atoms with van der Waals surface area (Å²) < 4.78 is 0.803. The van der Waals surface area contributed by atoms with Crippen LogP contribution in [0.3, 0.4) is 0 Å². The molecule has 2 heterocycles. The van der Waals surface area contributed by atoms with Crippen LogP contribution in [0.2, 0.25) is 0 Å². The molecule has 1 saturated heterocycles. The van der Waals surface area contributed by atoms with Crippen LogP contribution in [-0.4, -0.2) is 18.2 Å². The predicted octanol–water partition coefficient (Wildman–Crippen LogP) is 1.63. The lowest BCUT2D eigenvalue weighted by molar-refractivity contribution is -0.906. The normalized spacial score (nSPS) is 36.9. The third kappa shape index (κ3) is 0.713. The molecule has 0 radical (unpaired) electrons. The van der Waals surface area contributed by atoms with Gasteiger partial charge in [0.25, 0.3) is 6.23 Å². The number of quaternary nitrogens is 1. The maximum absolute atomic E-state index is 5.63. The van der Waals surface area contributed by atoms with Crippen LogP contribution in [0.25, 0.3) is 0 Å². The first-order chi connectivity index (χ1) is 5.80. The van der Waals surface area contributed by atoms with Gasteiger partial charge in [0.05, 0.1) is 0 Å². The van der Waals surface area contributed by atoms with Gasteiger partial charge in [-0.1, -0.05) is 18.2 Å². The van der Waals surface area contributed by atoms with Crippen molar-refractivity contribution in [2.75, 3.05) is 13.6 Å². The minimum Gasteiger partial charge on any atom is -0.141 e. The van der Waals surface area contributed by atoms with E-state index in [9.17, 15) is 0 Å². The Morgan fingerprint density at radius 1 is 1.42 bits per heavy atom. The number of hydrogen-bond donors (Lipinski definition) is 0. The van der Waals surface area contributed by atoms with Crippen LogP contribution in [0.4, 0.5) is 0 Å². The van der Waals surface area contributed by atoms with Crippen molar-refractivity contribution in [2.45, 2.75) is 12.6 Å². The number of nitrogens with zero attached hydrogens (tertiary/aromatic N) is 1. The van der Waals surface area contributed by atoms with Crippen molar-refractivity contribution < 1.29 is 9.48 Å². The lowest BCUT2D eigenvalue weighted by Crippen LogP contribution is -2.27. The second kappa shape index (κ2) is 1.90. The van der Waals surface area contributed by atoms with Gasteiger partial charge in [0.1, 0.15) is 13.6 Å². The van der Waals surface area contributed by atoms with E-state index in [2.05, 4.69) is 31.3 Å². The Kier molecular flexibility index (Phi) is 1.05. The average molecular weight is 162 g/mol. The molecule has 0 aromatic heterocycles. The molecule has 2 atom stereocenters. The van der Waals surface area contributed by atoms with Crippen LogP contribution in [-0.2, 0) is 11.3 Å². The third-order valence-electron chi connectivity index (χ3n) is 2.94. The highest BCUT2D eigenvalue weighted by Gasteiger charge is 2.59. The molecular formula is C10H12NO+. The first-order valence-corrected chi connectivity index (χ1v) is 4.41. The minimum atomic E-state index is 0.343. The van der Waals surface area contributed by atoms with Gasteiger partial charge in [-0.2, -0.15) is 0 Å². The smallest absolute Gasteiger partial charge is 0.141 e. The van der Waals surface area contributed by atoms with Crippen molar-refractivity contribution >= 4 is 0 Å². The van der Waals surface area contributed by atoms with Gasteiger partial charge in [0.2, 0.25) is 0 Å². The fourth-order valence-corrected chi connectivity index (χ4v) is 2.07. The van der Waals surface area contributed by atoms with E-state index < -0.39 is 0 Å². The summed E-state index contributed by atoms with van der Waals surface area (Å²) in [5.74, 6) is 0. The van der Waals surface area contributed by atoms with Gasteiger partial charge in [-0.25, -0.2) is 0 Å². The second-order valence-electron chi connectivity index (χ2n) is 3.80. The van der Waals surface area contributed by atoms with Crippen LogP contribution >= 0.6 is 0 Å². The standard InChI is InChI=1S/C10H12NO/c1-11-7-6-8-4-2-3-5-9(8)10(11)12-11/h2-5,10H,6-7H2,1H3/q+1. The molecule has 0 N–H and O–H groups in total. The van der Waals surface area contributed by atoms with Crippen LogP contribution in [0, 0.1) is 0 Å². The topological polar surface area (TPSA) is 12.5 Å². The Hall–Kier alpha value is -0.860. The van der Waals surface area contributed by atoms with Gasteiger partial charge >= 0.3 is 0 Å². The molecule has 3 rings (SSSR count). The SMILES string of the molecule is C[N+]12CCc3ccccc3C1O2. The van der Waals surface area contributed by atoms with Gasteiger partial charge in [-0.3, -0.25) is 0 Å². The number of likely N-dealkylation sites (N-methyl/N-ethyl adjacent to an activating group) is 1. The zero-order valence-corrected chi connectivity index (χ0v) is 7.16. The zero-order chi connectivity index (χ0) is 8.18. The van der Waals surface area contributed by atoms with Gasteiger partial charge in [0, 0.05) is 12.0 Å². The average Bonchev–Trinajstić information content (AvgIpc) is 2.78. The highest BCUT2D eigenvalue weighted by Crippen LogP contribution is 2.49. The van der Waals surface area contributed by atoms with E-state index in [1.165, 1.54) is 11.1 Å². The summed E-state index contributed by atoms with van der Waals surface area (Å²) in [7, 11) is 2.15. The Morgan fingerprint density at radius 2 is 2.25 bits per heavy atom. The number of rotatable bonds is 0. The Balaban J connectivity index is 2.12. The number of benzene rings is 1. The van der Waals surface area contributed by atoms with Crippen molar-refractivity contribution in [2.24, 2.45) is 0 Å². The molecule has 2 aliphatic rings. The highest BCUT2D eigenvalue weighted by molar-refractivity contribution is 5.30. The molecule has 2 aliphatic heterocycles. The lowest BCUT2D eigenvalue weighted by Gasteiger charge is -2.14. The van der Waals surface area contributed by atoms with E-state index in [-0.39, 0.29) is 0 Å². The Labute approximate surface area is 71.9 Å². The van der Waals surface area contributed by atoms with Gasteiger partial charge < -0.3 is 0 Å². The van der Waals surface area contributed by atoms with Crippen molar-refractivity contribution in [1.29, 1.82) is 0 Å². The van der Waals surface area contributed by atoms with Crippen molar-refractivity contribution in [3.05, 3.63) is 35.4 Å². The fraction of sp³-hybridized carbons (Fsp3) is 0.400. The predicted molar refractivity (Wildman–Crippen MR) is 45.0 cm³/mol. The summed E-state index contributed by atoms with van der Waals surface area (Å²) in [4.78, 5) is 5.63. The van der Waals surface area contributed by atoms with E-state index >= 15 is 0 Å². The number of hydrogen-bond acceptors (Lipinski definition) is 1. The van der Waals surface area contributed by atoms with Crippen LogP contribution < -0.4 is 0 Å². The monoisotopic (exact) mass is 162 g/mol. The van der Waals surface area contributed by atoms with Crippen molar-refractivity contribution in [3.8, 4) is 0 Å². The van der Waals surface area contributed by atoms with E-state index in [0.29, 0.717) is 6.23 Å². The van der Waals surface area contributed by atoms with Crippen LogP contribution in [0.5, 0.6) is 0 Å². The largest absolute Gasteiger partial charge is 0.300 e. The summed E-state index contributed by atoms with van der Waals surface area (Å²) >= 11 is 0. The molecule has 1 fully saturated rings. The van der Waals surface area contributed by atoms with Crippen LogP contribution in [0.15, 0.2) is 24.3 Å². The third-order valence-corrected chi connectivity index (χ3v) is 2.94. The molecule has 2 nitrogen and oxygen atoms in total. The molecule has 0 aliphatic carbocycles. The molecule has 0 spiro atoms. The summed E-state index contributed by atoms with van der Waals surface area (Å²) in [6.45, 7) is 1.13. The van der Waals surface area contributed by atoms with Gasteiger partial charge in [-0.05, 0) is 11.6 Å². The number of fused-ring (bicyclic) bond motifs is 3. The molecule has 62 valence electrons. The van der Waals surface area contributed by atoms with Crippen LogP contribution in [0.1, 0.15) is 17.4 Å². The zero-order valence-electron chi connectivity index (χ0n) is 7.16. The summed E-state index contributed by atoms with van der Waals surface area (Å²) in [6, 6.07) is 8.59. The fourth-order valence-electron chi connectivity index (χ4n) is 2.07. The molecule has 0 amide bonds. The quantitative estimate of drug-likeness (QED) is 0.417. The summed E-state index contributed by atoms with van der Waals surface area (Å²) in [5.41, 5.74) is 2.86. The Morgan fingerprint density at radius 3 is 3.17 bits per heavy atom. The molecule has 1 aromatic rings. The van der Waals surface area contributed by atoms with E-state index in [0.717, 1.165) is 17.6 Å². The first-order valence-electron chi connectivity index (χ1n) is 4.41. The second-order valence-corrected chi connectivity index (χ2v) is 3.80. The van der Waals surface area contributed by atoms with Gasteiger partial charge in [0.15, 0.2) is 0 Å². The van der Waals surface area contributed by atoms with E-state index in [4.69, 9.17) is 4.84 Å². The number of hydroxylamine groups is 3. The van der Waals surface area contributed by atoms with Crippen molar-refractivity contribution in [1.82, 2.24) is 0 Å². The lowest BCUT2D eigenvalue weighted by atomic mass is 10.0. The molecule has 0 saturated carbocycles. The summed E-state index contributed by atoms with van der Waals surface area (Å²) in [5, 5.41) is 0. The maximum atomic E-state index is 5.63. The van der Waals surface area contributed by atoms with E-state index in [1.54, 1.807) is 0 Å². The molecule has 12 heavy (non-hydrogen) atoms. The van der Waals surface area contributed by atoms with Gasteiger partial charge in [-0.15, -0.1) is 9.48 Å². The molecule has 2 heteroatoms. The summed E-state index contributed by atoms with van der Waals surface area (Å²) in [6.07, 6.45) is 1.50. The van der Waals surface area contributed by atoms with E-state index in [1.807, 2.05) is 0 Å². The molecule has 1 aromatic carbocycles. The minimum absolute atomic E-state index is 0.343. The highest BCUT2D eigenvalue weighted by atomic mass is 16.9. The Bertz CT molecular complexity index is 336. The molecule has 0 bridgehead atoms. The molecule has 2 unspecified atom stereocenters. The van der Waals surface area contributed by atoms with Crippen molar-refractivity contribution in [3.63, 3.8) is 0 Å².